The van der Waals surface area contributed by atoms with Gasteiger partial charge >= 0.3 is 6.03 Å². The molecule has 2 atom stereocenters. The molecule has 1 aliphatic carbocycles. The minimum atomic E-state index is -0.782. The number of anilines is 1. The third kappa shape index (κ3) is 3.42. The Morgan fingerprint density at radius 2 is 2.17 bits per heavy atom. The standard InChI is InChI=1S/C22H24FN5O2.H2/c1-13-5-6-17(9-19(13)15-8-16(23)12-26-11-15)27-21(29)28-18-4-3-7-22(28,10-18)20(25)30-14(2)24;/h5-6,8-9,11-12,18,24-25H,3-4,7,10H2,1-2H3,(H,27,29);1H. The van der Waals surface area contributed by atoms with Crippen molar-refractivity contribution in [2.75, 3.05) is 5.32 Å². The molecule has 3 N–H and O–H groups in total. The van der Waals surface area contributed by atoms with Gasteiger partial charge in [-0.2, -0.15) is 0 Å². The SMILES string of the molecule is CC(=N)OC(=N)C12CCCC(C1)N2C(=O)Nc1ccc(C)c(-c2cncc(F)c2)c1.[HH]. The Bertz CT molecular complexity index is 1040. The van der Waals surface area contributed by atoms with E-state index in [0.717, 1.165) is 30.2 Å². The van der Waals surface area contributed by atoms with Crippen molar-refractivity contribution in [3.8, 4) is 11.1 Å². The van der Waals surface area contributed by atoms with Crippen LogP contribution in [-0.4, -0.2) is 39.3 Å². The van der Waals surface area contributed by atoms with Crippen molar-refractivity contribution >= 4 is 23.5 Å². The summed E-state index contributed by atoms with van der Waals surface area (Å²) >= 11 is 0. The van der Waals surface area contributed by atoms with Crippen LogP contribution in [0.1, 0.15) is 39.6 Å². The van der Waals surface area contributed by atoms with Gasteiger partial charge in [-0.1, -0.05) is 6.07 Å². The molecule has 2 bridgehead atoms. The highest BCUT2D eigenvalue weighted by atomic mass is 19.1. The van der Waals surface area contributed by atoms with Crippen LogP contribution in [0.5, 0.6) is 0 Å². The van der Waals surface area contributed by atoms with Gasteiger partial charge < -0.3 is 15.0 Å². The van der Waals surface area contributed by atoms with E-state index in [1.807, 2.05) is 13.0 Å². The Morgan fingerprint density at radius 3 is 2.87 bits per heavy atom. The lowest BCUT2D eigenvalue weighted by Crippen LogP contribution is -2.74. The third-order valence-electron chi connectivity index (χ3n) is 5.93. The van der Waals surface area contributed by atoms with Crippen molar-refractivity contribution in [2.45, 2.75) is 51.1 Å². The van der Waals surface area contributed by atoms with Gasteiger partial charge in [0.05, 0.1) is 6.20 Å². The quantitative estimate of drug-likeness (QED) is 0.491. The Kier molecular flexibility index (Phi) is 5.01. The number of ether oxygens (including phenoxy) is 1. The summed E-state index contributed by atoms with van der Waals surface area (Å²) in [4.78, 5) is 18.7. The molecule has 1 aliphatic heterocycles. The molecule has 0 radical (unpaired) electrons. The zero-order valence-corrected chi connectivity index (χ0v) is 17.0. The van der Waals surface area contributed by atoms with Crippen molar-refractivity contribution in [3.05, 3.63) is 48.0 Å². The first-order valence-electron chi connectivity index (χ1n) is 9.94. The molecular formula is C22H26FN5O2. The van der Waals surface area contributed by atoms with Crippen LogP contribution in [0.2, 0.25) is 0 Å². The number of pyridine rings is 1. The summed E-state index contributed by atoms with van der Waals surface area (Å²) in [5.74, 6) is -0.524. The maximum Gasteiger partial charge on any atom is 0.322 e. The molecule has 2 fully saturated rings. The van der Waals surface area contributed by atoms with Gasteiger partial charge in [0.15, 0.2) is 5.90 Å². The van der Waals surface area contributed by atoms with Crippen LogP contribution < -0.4 is 5.32 Å². The second-order valence-electron chi connectivity index (χ2n) is 7.99. The van der Waals surface area contributed by atoms with Crippen molar-refractivity contribution in [3.63, 3.8) is 0 Å². The number of benzene rings is 1. The van der Waals surface area contributed by atoms with Gasteiger partial charge in [0.1, 0.15) is 11.4 Å². The molecule has 1 aromatic heterocycles. The molecule has 2 heterocycles. The Morgan fingerprint density at radius 1 is 1.37 bits per heavy atom. The van der Waals surface area contributed by atoms with E-state index in [4.69, 9.17) is 15.6 Å². The number of hydrogen-bond acceptors (Lipinski definition) is 5. The highest BCUT2D eigenvalue weighted by molar-refractivity contribution is 6.00. The molecule has 158 valence electrons. The maximum atomic E-state index is 13.6. The summed E-state index contributed by atoms with van der Waals surface area (Å²) in [6, 6.07) is 6.64. The first-order valence-corrected chi connectivity index (χ1v) is 9.94. The molecule has 7 nitrogen and oxygen atoms in total. The molecule has 8 heteroatoms. The predicted molar refractivity (Wildman–Crippen MR) is 115 cm³/mol. The van der Waals surface area contributed by atoms with Crippen LogP contribution in [0, 0.1) is 23.6 Å². The van der Waals surface area contributed by atoms with Gasteiger partial charge in [0, 0.05) is 38.3 Å². The molecule has 2 amide bonds. The zero-order valence-electron chi connectivity index (χ0n) is 17.0. The van der Waals surface area contributed by atoms with E-state index < -0.39 is 11.4 Å². The van der Waals surface area contributed by atoms with Gasteiger partial charge in [-0.3, -0.25) is 15.8 Å². The first kappa shape index (κ1) is 20.0. The van der Waals surface area contributed by atoms with Gasteiger partial charge in [-0.25, -0.2) is 9.18 Å². The van der Waals surface area contributed by atoms with Gasteiger partial charge in [0.2, 0.25) is 5.90 Å². The average molecular weight is 411 g/mol. The normalized spacial score (nSPS) is 22.1. The maximum absolute atomic E-state index is 13.6. The number of piperidine rings is 1. The summed E-state index contributed by atoms with van der Waals surface area (Å²) in [5.41, 5.74) is 2.16. The first-order chi connectivity index (χ1) is 14.3. The van der Waals surface area contributed by atoms with Crippen molar-refractivity contribution in [1.82, 2.24) is 9.88 Å². The van der Waals surface area contributed by atoms with Crippen LogP contribution >= 0.6 is 0 Å². The van der Waals surface area contributed by atoms with Gasteiger partial charge in [-0.15, -0.1) is 0 Å². The summed E-state index contributed by atoms with van der Waals surface area (Å²) in [6.45, 7) is 3.39. The summed E-state index contributed by atoms with van der Waals surface area (Å²) in [5, 5.41) is 18.8. The zero-order chi connectivity index (χ0) is 21.5. The van der Waals surface area contributed by atoms with E-state index >= 15 is 0 Å². The van der Waals surface area contributed by atoms with E-state index in [1.165, 1.54) is 13.0 Å². The highest BCUT2D eigenvalue weighted by Gasteiger charge is 2.60. The number of aryl methyl sites for hydroxylation is 1. The molecule has 2 unspecified atom stereocenters. The second-order valence-corrected chi connectivity index (χ2v) is 7.99. The van der Waals surface area contributed by atoms with E-state index in [-0.39, 0.29) is 25.3 Å². The molecule has 1 saturated heterocycles. The topological polar surface area (TPSA) is 102 Å². The Hall–Kier alpha value is -3.29. The number of nitrogens with zero attached hydrogens (tertiary/aromatic N) is 2. The Balaban J connectivity index is 0.00000272. The van der Waals surface area contributed by atoms with Crippen LogP contribution in [0.25, 0.3) is 11.1 Å². The number of nitrogens with one attached hydrogen (secondary N) is 3. The number of fused-ring (bicyclic) bond motifs is 2. The number of carbonyl (C=O) groups excluding carboxylic acids is 1. The minimum absolute atomic E-state index is 0. The number of likely N-dealkylation sites (tertiary alicyclic amines) is 1. The minimum Gasteiger partial charge on any atom is -0.428 e. The number of urea groups is 1. The number of amides is 2. The van der Waals surface area contributed by atoms with E-state index in [0.29, 0.717) is 24.1 Å². The fourth-order valence-electron chi connectivity index (χ4n) is 4.58. The molecule has 4 rings (SSSR count). The second kappa shape index (κ2) is 7.51. The largest absolute Gasteiger partial charge is 0.428 e. The van der Waals surface area contributed by atoms with Gasteiger partial charge in [0.25, 0.3) is 0 Å². The van der Waals surface area contributed by atoms with Crippen molar-refractivity contribution in [1.29, 1.82) is 10.8 Å². The molecular weight excluding hydrogens is 385 g/mol. The fraction of sp³-hybridized carbons (Fsp3) is 0.364. The molecule has 2 aromatic rings. The van der Waals surface area contributed by atoms with Crippen LogP contribution in [0.4, 0.5) is 14.9 Å². The lowest BCUT2D eigenvalue weighted by molar-refractivity contribution is -0.0329. The number of hydrogen-bond donors (Lipinski definition) is 3. The summed E-state index contributed by atoms with van der Waals surface area (Å²) in [6.07, 6.45) is 5.88. The molecule has 2 aliphatic rings. The summed E-state index contributed by atoms with van der Waals surface area (Å²) < 4.78 is 18.9. The Labute approximate surface area is 175 Å². The summed E-state index contributed by atoms with van der Waals surface area (Å²) in [7, 11) is 0. The lowest BCUT2D eigenvalue weighted by atomic mass is 9.68. The number of halogens is 1. The van der Waals surface area contributed by atoms with Crippen LogP contribution in [0.15, 0.2) is 36.7 Å². The predicted octanol–water partition coefficient (Wildman–Crippen LogP) is 4.96. The molecule has 1 saturated carbocycles. The third-order valence-corrected chi connectivity index (χ3v) is 5.93. The van der Waals surface area contributed by atoms with E-state index in [1.54, 1.807) is 23.2 Å². The van der Waals surface area contributed by atoms with Crippen molar-refractivity contribution in [2.24, 2.45) is 0 Å². The average Bonchev–Trinajstić information content (AvgIpc) is 2.69. The van der Waals surface area contributed by atoms with Crippen LogP contribution in [-0.2, 0) is 4.74 Å². The smallest absolute Gasteiger partial charge is 0.322 e. The monoisotopic (exact) mass is 411 g/mol. The number of rotatable bonds is 3. The fourth-order valence-corrected chi connectivity index (χ4v) is 4.58. The van der Waals surface area contributed by atoms with Crippen LogP contribution in [0.3, 0.4) is 0 Å². The lowest BCUT2D eigenvalue weighted by Gasteiger charge is -2.60. The number of aromatic nitrogens is 1. The van der Waals surface area contributed by atoms with E-state index in [9.17, 15) is 9.18 Å². The number of carbonyl (C=O) groups is 1. The van der Waals surface area contributed by atoms with E-state index in [2.05, 4.69) is 10.3 Å². The highest BCUT2D eigenvalue weighted by Crippen LogP contribution is 2.48. The molecule has 0 spiro atoms. The molecule has 30 heavy (non-hydrogen) atoms. The van der Waals surface area contributed by atoms with Gasteiger partial charge in [-0.05, 0) is 55.5 Å². The molecule has 1 aromatic carbocycles. The van der Waals surface area contributed by atoms with Crippen molar-refractivity contribution < 1.29 is 15.3 Å².